The molecule has 246 valence electrons. The van der Waals surface area contributed by atoms with Crippen LogP contribution in [0.15, 0.2) is 61.1 Å². The number of benzene rings is 1. The molecule has 0 saturated carbocycles. The van der Waals surface area contributed by atoms with Crippen LogP contribution < -0.4 is 4.90 Å². The molecule has 5 aromatic rings. The number of imide groups is 1. The highest BCUT2D eigenvalue weighted by Gasteiger charge is 2.35. The molecule has 0 bridgehead atoms. The molecule has 11 nitrogen and oxygen atoms in total. The quantitative estimate of drug-likeness (QED) is 0.183. The van der Waals surface area contributed by atoms with E-state index >= 15 is 8.78 Å². The number of amides is 2. The number of nitrogens with zero attached hydrogens (tertiary/aromatic N) is 7. The second-order valence-electron chi connectivity index (χ2n) is 12.8. The molecular weight excluding hydrogens is 615 g/mol. The van der Waals surface area contributed by atoms with Crippen molar-refractivity contribution in [2.45, 2.75) is 72.1 Å². The number of pyridine rings is 2. The average molecular weight is 650 g/mol. The van der Waals surface area contributed by atoms with E-state index in [9.17, 15) is 14.0 Å². The van der Waals surface area contributed by atoms with Gasteiger partial charge in [-0.2, -0.15) is 10.1 Å². The zero-order valence-electron chi connectivity index (χ0n) is 27.0. The fourth-order valence-electron chi connectivity index (χ4n) is 4.73. The Morgan fingerprint density at radius 2 is 1.45 bits per heavy atom. The molecule has 1 aromatic carbocycles. The standard InChI is InChI=1S/C33H34F3N7O4/c1-8-25(19-9-11-22(34)12-10-19)42-18-21(17-37-42)28-24(36)16-23(35)27(39-28)20-13-14-41-26(15-20)38-29(40-41)43(30(44)46-32(2,3)4)31(45)47-33(5,6)7/h9-18,25H,8H2,1-7H3/t25-/m1/s1. The van der Waals surface area contributed by atoms with Crippen LogP contribution in [0.2, 0.25) is 0 Å². The molecule has 0 saturated heterocycles. The van der Waals surface area contributed by atoms with Gasteiger partial charge in [-0.3, -0.25) is 4.68 Å². The maximum Gasteiger partial charge on any atom is 0.427 e. The van der Waals surface area contributed by atoms with Crippen LogP contribution in [0.3, 0.4) is 0 Å². The number of carbonyl (C=O) groups is 2. The summed E-state index contributed by atoms with van der Waals surface area (Å²) >= 11 is 0. The number of hydrogen-bond acceptors (Lipinski definition) is 8. The summed E-state index contributed by atoms with van der Waals surface area (Å²) in [6.07, 6.45) is 2.97. The zero-order valence-corrected chi connectivity index (χ0v) is 27.0. The number of carbonyl (C=O) groups excluding carboxylic acids is 2. The summed E-state index contributed by atoms with van der Waals surface area (Å²) in [4.78, 5) is 35.3. The van der Waals surface area contributed by atoms with Crippen LogP contribution in [0.1, 0.15) is 66.5 Å². The molecule has 0 unspecified atom stereocenters. The number of fused-ring (bicyclic) bond motifs is 1. The smallest absolute Gasteiger partial charge is 0.427 e. The first-order chi connectivity index (χ1) is 22.0. The van der Waals surface area contributed by atoms with Gasteiger partial charge in [-0.15, -0.1) is 10.00 Å². The highest BCUT2D eigenvalue weighted by molar-refractivity contribution is 6.08. The van der Waals surface area contributed by atoms with Crippen molar-refractivity contribution in [2.75, 3.05) is 4.90 Å². The van der Waals surface area contributed by atoms with Gasteiger partial charge in [-0.1, -0.05) is 19.1 Å². The molecule has 14 heteroatoms. The minimum absolute atomic E-state index is 0.125. The van der Waals surface area contributed by atoms with Crippen LogP contribution in [0.25, 0.3) is 28.2 Å². The third-order valence-electron chi connectivity index (χ3n) is 6.72. The number of hydrogen-bond donors (Lipinski definition) is 0. The third-order valence-corrected chi connectivity index (χ3v) is 6.72. The Hall–Kier alpha value is -5.27. The van der Waals surface area contributed by atoms with Crippen LogP contribution in [0.5, 0.6) is 0 Å². The van der Waals surface area contributed by atoms with Crippen molar-refractivity contribution in [3.63, 3.8) is 0 Å². The van der Waals surface area contributed by atoms with Crippen molar-refractivity contribution in [3.05, 3.63) is 84.1 Å². The van der Waals surface area contributed by atoms with Crippen molar-refractivity contribution in [3.8, 4) is 22.5 Å². The van der Waals surface area contributed by atoms with Crippen molar-refractivity contribution < 1.29 is 32.2 Å². The molecule has 2 amide bonds. The average Bonchev–Trinajstić information content (AvgIpc) is 3.60. The van der Waals surface area contributed by atoms with E-state index in [0.717, 1.165) is 11.6 Å². The number of aromatic nitrogens is 6. The monoisotopic (exact) mass is 649 g/mol. The summed E-state index contributed by atoms with van der Waals surface area (Å²) in [7, 11) is 0. The molecule has 0 aliphatic rings. The molecule has 0 aliphatic heterocycles. The van der Waals surface area contributed by atoms with Gasteiger partial charge in [0.15, 0.2) is 17.3 Å². The number of rotatable bonds is 6. The Morgan fingerprint density at radius 1 is 0.851 bits per heavy atom. The molecule has 0 N–H and O–H groups in total. The predicted octanol–water partition coefficient (Wildman–Crippen LogP) is 7.75. The highest BCUT2D eigenvalue weighted by Crippen LogP contribution is 2.31. The van der Waals surface area contributed by atoms with Crippen LogP contribution >= 0.6 is 0 Å². The molecule has 5 rings (SSSR count). The number of anilines is 1. The molecule has 0 radical (unpaired) electrons. The first-order valence-electron chi connectivity index (χ1n) is 14.8. The lowest BCUT2D eigenvalue weighted by atomic mass is 10.0. The fraction of sp³-hybridized carbons (Fsp3) is 0.333. The van der Waals surface area contributed by atoms with Crippen LogP contribution in [0.4, 0.5) is 28.7 Å². The van der Waals surface area contributed by atoms with Gasteiger partial charge in [-0.05, 0) is 77.8 Å². The SMILES string of the molecule is CC[C@H](c1ccc(F)cc1)n1cc(-c2nc(-c3ccn4nc(N(C(=O)OC(C)(C)C)C(=O)OC(C)(C)C)nc4c3)c(F)cc2F)cn1. The summed E-state index contributed by atoms with van der Waals surface area (Å²) < 4.78 is 57.5. The molecule has 47 heavy (non-hydrogen) atoms. The molecule has 1 atom stereocenters. The van der Waals surface area contributed by atoms with E-state index in [1.807, 2.05) is 6.92 Å². The maximum atomic E-state index is 15.2. The largest absolute Gasteiger partial charge is 0.443 e. The van der Waals surface area contributed by atoms with Gasteiger partial charge in [-0.25, -0.2) is 32.3 Å². The second-order valence-corrected chi connectivity index (χ2v) is 12.8. The summed E-state index contributed by atoms with van der Waals surface area (Å²) in [5.74, 6) is -2.52. The van der Waals surface area contributed by atoms with Gasteiger partial charge in [0.2, 0.25) is 0 Å². The van der Waals surface area contributed by atoms with Gasteiger partial charge < -0.3 is 9.47 Å². The van der Waals surface area contributed by atoms with Crippen LogP contribution in [0, 0.1) is 17.5 Å². The van der Waals surface area contributed by atoms with Gasteiger partial charge in [0, 0.05) is 29.6 Å². The minimum Gasteiger partial charge on any atom is -0.443 e. The highest BCUT2D eigenvalue weighted by atomic mass is 19.1. The maximum absolute atomic E-state index is 15.2. The molecule has 4 heterocycles. The normalized spacial score (nSPS) is 12.6. The summed E-state index contributed by atoms with van der Waals surface area (Å²) in [5.41, 5.74) is -0.729. The van der Waals surface area contributed by atoms with E-state index in [2.05, 4.69) is 20.2 Å². The van der Waals surface area contributed by atoms with Crippen molar-refractivity contribution in [1.29, 1.82) is 0 Å². The van der Waals surface area contributed by atoms with E-state index in [1.54, 1.807) is 64.6 Å². The zero-order chi connectivity index (χ0) is 34.3. The van der Waals surface area contributed by atoms with E-state index < -0.39 is 35.0 Å². The van der Waals surface area contributed by atoms with E-state index in [1.165, 1.54) is 41.2 Å². The van der Waals surface area contributed by atoms with Gasteiger partial charge in [0.25, 0.3) is 5.95 Å². The second kappa shape index (κ2) is 12.5. The van der Waals surface area contributed by atoms with Crippen LogP contribution in [-0.2, 0) is 9.47 Å². The van der Waals surface area contributed by atoms with E-state index in [-0.39, 0.29) is 40.4 Å². The Kier molecular flexibility index (Phi) is 8.80. The number of halogens is 3. The molecule has 0 fully saturated rings. The molecular formula is C33H34F3N7O4. The minimum atomic E-state index is -1.05. The van der Waals surface area contributed by atoms with E-state index in [0.29, 0.717) is 16.9 Å². The predicted molar refractivity (Wildman–Crippen MR) is 167 cm³/mol. The van der Waals surface area contributed by atoms with Gasteiger partial charge >= 0.3 is 12.2 Å². The Bertz CT molecular complexity index is 1910. The van der Waals surface area contributed by atoms with Crippen molar-refractivity contribution in [1.82, 2.24) is 29.4 Å². The lowest BCUT2D eigenvalue weighted by Gasteiger charge is -2.26. The van der Waals surface area contributed by atoms with Crippen LogP contribution in [-0.4, -0.2) is 52.8 Å². The van der Waals surface area contributed by atoms with Gasteiger partial charge in [0.1, 0.15) is 28.4 Å². The van der Waals surface area contributed by atoms with Gasteiger partial charge in [0.05, 0.1) is 12.2 Å². The first kappa shape index (κ1) is 33.1. The Labute approximate surface area is 269 Å². The van der Waals surface area contributed by atoms with Crippen molar-refractivity contribution >= 4 is 23.8 Å². The first-order valence-corrected chi connectivity index (χ1v) is 14.8. The lowest BCUT2D eigenvalue weighted by molar-refractivity contribution is 0.0427. The third kappa shape index (κ3) is 7.42. The lowest BCUT2D eigenvalue weighted by Crippen LogP contribution is -2.44. The number of ether oxygens (including phenoxy) is 2. The summed E-state index contributed by atoms with van der Waals surface area (Å²) in [6, 6.07) is 9.43. The fourth-order valence-corrected chi connectivity index (χ4v) is 4.73. The Balaban J connectivity index is 1.50. The molecule has 0 aliphatic carbocycles. The Morgan fingerprint density at radius 3 is 2.02 bits per heavy atom. The summed E-state index contributed by atoms with van der Waals surface area (Å²) in [6.45, 7) is 11.8. The molecule has 4 aromatic heterocycles. The molecule has 0 spiro atoms. The topological polar surface area (TPSA) is 117 Å². The van der Waals surface area contributed by atoms with Crippen molar-refractivity contribution in [2.24, 2.45) is 0 Å². The summed E-state index contributed by atoms with van der Waals surface area (Å²) in [5, 5.41) is 8.61. The van der Waals surface area contributed by atoms with E-state index in [4.69, 9.17) is 9.47 Å².